The molecule has 26 heavy (non-hydrogen) atoms. The van der Waals surface area contributed by atoms with Crippen molar-refractivity contribution in [2.45, 2.75) is 39.8 Å². The van der Waals surface area contributed by atoms with Crippen LogP contribution in [0.2, 0.25) is 0 Å². The lowest BCUT2D eigenvalue weighted by molar-refractivity contribution is -0.131. The number of thiophene rings is 1. The molecule has 2 rings (SSSR count). The molecule has 0 fully saturated rings. The molecule has 0 aliphatic heterocycles. The Bertz CT molecular complexity index is 756. The van der Waals surface area contributed by atoms with Gasteiger partial charge < -0.3 is 15.1 Å². The summed E-state index contributed by atoms with van der Waals surface area (Å²) in [4.78, 5) is 29.0. The van der Waals surface area contributed by atoms with Gasteiger partial charge in [-0.15, -0.1) is 11.3 Å². The highest BCUT2D eigenvalue weighted by atomic mass is 32.1. The summed E-state index contributed by atoms with van der Waals surface area (Å²) >= 11 is 1.41. The summed E-state index contributed by atoms with van der Waals surface area (Å²) in [6.07, 6.45) is 0.895. The maximum absolute atomic E-state index is 12.3. The van der Waals surface area contributed by atoms with E-state index in [-0.39, 0.29) is 17.9 Å². The summed E-state index contributed by atoms with van der Waals surface area (Å²) < 4.78 is 0. The van der Waals surface area contributed by atoms with Crippen molar-refractivity contribution in [3.63, 3.8) is 0 Å². The Balaban J connectivity index is 2.30. The quantitative estimate of drug-likeness (QED) is 0.791. The standard InChI is InChI=1S/C20H27N3O2S/c1-6-14(2)23(15(3)24)13-16-12-17(9-10-18(16)22(4)5)21-20(25)19-8-7-11-26-19/h7-12,14H,6,13H2,1-5H3,(H,21,25)/t14-/m0/s1. The first-order chi connectivity index (χ1) is 12.3. The van der Waals surface area contributed by atoms with Crippen molar-refractivity contribution in [3.05, 3.63) is 46.2 Å². The maximum Gasteiger partial charge on any atom is 0.265 e. The molecule has 0 saturated heterocycles. The number of rotatable bonds is 7. The SMILES string of the molecule is CC[C@H](C)N(Cc1cc(NC(=O)c2cccs2)ccc1N(C)C)C(C)=O. The Kier molecular flexibility index (Phi) is 6.80. The number of nitrogens with zero attached hydrogens (tertiary/aromatic N) is 2. The molecule has 1 N–H and O–H groups in total. The fourth-order valence-corrected chi connectivity index (χ4v) is 3.43. The van der Waals surface area contributed by atoms with Gasteiger partial charge >= 0.3 is 0 Å². The van der Waals surface area contributed by atoms with E-state index < -0.39 is 0 Å². The van der Waals surface area contributed by atoms with E-state index in [0.717, 1.165) is 23.4 Å². The monoisotopic (exact) mass is 373 g/mol. The highest BCUT2D eigenvalue weighted by molar-refractivity contribution is 7.12. The molecule has 6 heteroatoms. The zero-order chi connectivity index (χ0) is 19.3. The van der Waals surface area contributed by atoms with E-state index in [1.807, 2.05) is 53.5 Å². The van der Waals surface area contributed by atoms with E-state index in [4.69, 9.17) is 0 Å². The third kappa shape index (κ3) is 4.85. The number of nitrogens with one attached hydrogen (secondary N) is 1. The van der Waals surface area contributed by atoms with E-state index in [1.54, 1.807) is 13.0 Å². The zero-order valence-corrected chi connectivity index (χ0v) is 16.9. The summed E-state index contributed by atoms with van der Waals surface area (Å²) in [6.45, 7) is 6.24. The highest BCUT2D eigenvalue weighted by Crippen LogP contribution is 2.26. The molecule has 2 amide bonds. The summed E-state index contributed by atoms with van der Waals surface area (Å²) in [6, 6.07) is 9.65. The second-order valence-electron chi connectivity index (χ2n) is 6.57. The van der Waals surface area contributed by atoms with Crippen LogP contribution in [0.4, 0.5) is 11.4 Å². The number of hydrogen-bond acceptors (Lipinski definition) is 4. The largest absolute Gasteiger partial charge is 0.377 e. The van der Waals surface area contributed by atoms with Gasteiger partial charge in [0, 0.05) is 45.0 Å². The van der Waals surface area contributed by atoms with Crippen LogP contribution in [0.25, 0.3) is 0 Å². The van der Waals surface area contributed by atoms with Crippen molar-refractivity contribution in [2.24, 2.45) is 0 Å². The fraction of sp³-hybridized carbons (Fsp3) is 0.400. The minimum atomic E-state index is -0.117. The van der Waals surface area contributed by atoms with Crippen LogP contribution in [-0.2, 0) is 11.3 Å². The van der Waals surface area contributed by atoms with Crippen LogP contribution < -0.4 is 10.2 Å². The van der Waals surface area contributed by atoms with E-state index >= 15 is 0 Å². The van der Waals surface area contributed by atoms with E-state index in [2.05, 4.69) is 19.2 Å². The Labute approximate surface area is 159 Å². The number of benzene rings is 1. The number of hydrogen-bond donors (Lipinski definition) is 1. The third-order valence-corrected chi connectivity index (χ3v) is 5.30. The first-order valence-electron chi connectivity index (χ1n) is 8.75. The van der Waals surface area contributed by atoms with Crippen molar-refractivity contribution in [2.75, 3.05) is 24.3 Å². The molecule has 0 unspecified atom stereocenters. The third-order valence-electron chi connectivity index (χ3n) is 4.43. The summed E-state index contributed by atoms with van der Waals surface area (Å²) in [5.41, 5.74) is 2.78. The smallest absolute Gasteiger partial charge is 0.265 e. The molecule has 1 aromatic heterocycles. The van der Waals surface area contributed by atoms with Crippen LogP contribution in [0.5, 0.6) is 0 Å². The molecule has 2 aromatic rings. The molecular weight excluding hydrogens is 346 g/mol. The van der Waals surface area contributed by atoms with Crippen molar-refractivity contribution in [3.8, 4) is 0 Å². The average molecular weight is 374 g/mol. The number of carbonyl (C=O) groups excluding carboxylic acids is 2. The summed E-state index contributed by atoms with van der Waals surface area (Å²) in [5.74, 6) is -0.0639. The minimum absolute atomic E-state index is 0.0529. The lowest BCUT2D eigenvalue weighted by atomic mass is 10.1. The average Bonchev–Trinajstić information content (AvgIpc) is 3.13. The molecule has 0 radical (unpaired) electrons. The molecule has 1 aromatic carbocycles. The Morgan fingerprint density at radius 1 is 1.23 bits per heavy atom. The maximum atomic E-state index is 12.3. The molecule has 1 heterocycles. The molecule has 140 valence electrons. The lowest BCUT2D eigenvalue weighted by Crippen LogP contribution is -2.36. The second kappa shape index (κ2) is 8.85. The van der Waals surface area contributed by atoms with Crippen molar-refractivity contribution < 1.29 is 9.59 Å². The van der Waals surface area contributed by atoms with E-state index in [1.165, 1.54) is 11.3 Å². The van der Waals surface area contributed by atoms with Crippen molar-refractivity contribution in [1.82, 2.24) is 4.90 Å². The number of amides is 2. The van der Waals surface area contributed by atoms with Gasteiger partial charge in [-0.05, 0) is 48.6 Å². The van der Waals surface area contributed by atoms with E-state index in [9.17, 15) is 9.59 Å². The van der Waals surface area contributed by atoms with E-state index in [0.29, 0.717) is 11.4 Å². The van der Waals surface area contributed by atoms with Crippen LogP contribution in [-0.4, -0.2) is 36.9 Å². The number of carbonyl (C=O) groups is 2. The molecule has 5 nitrogen and oxygen atoms in total. The Morgan fingerprint density at radius 2 is 1.96 bits per heavy atom. The lowest BCUT2D eigenvalue weighted by Gasteiger charge is -2.29. The second-order valence-corrected chi connectivity index (χ2v) is 7.52. The van der Waals surface area contributed by atoms with Gasteiger partial charge in [0.2, 0.25) is 5.91 Å². The number of anilines is 2. The first-order valence-corrected chi connectivity index (χ1v) is 9.63. The first kappa shape index (κ1) is 20.0. The molecule has 0 bridgehead atoms. The van der Waals surface area contributed by atoms with Crippen LogP contribution in [0.1, 0.15) is 42.4 Å². The molecule has 0 aliphatic carbocycles. The molecule has 0 aliphatic rings. The molecule has 1 atom stereocenters. The summed E-state index contributed by atoms with van der Waals surface area (Å²) in [7, 11) is 3.95. The topological polar surface area (TPSA) is 52.7 Å². The molecule has 0 spiro atoms. The van der Waals surface area contributed by atoms with Gasteiger partial charge in [-0.1, -0.05) is 13.0 Å². The minimum Gasteiger partial charge on any atom is -0.377 e. The fourth-order valence-electron chi connectivity index (χ4n) is 2.81. The van der Waals surface area contributed by atoms with Gasteiger partial charge in [0.1, 0.15) is 0 Å². The van der Waals surface area contributed by atoms with Gasteiger partial charge in [0.25, 0.3) is 5.91 Å². The van der Waals surface area contributed by atoms with Crippen LogP contribution in [0, 0.1) is 0 Å². The van der Waals surface area contributed by atoms with Gasteiger partial charge in [-0.3, -0.25) is 9.59 Å². The Hall–Kier alpha value is -2.34. The predicted octanol–water partition coefficient (Wildman–Crippen LogP) is 4.21. The highest BCUT2D eigenvalue weighted by Gasteiger charge is 2.18. The van der Waals surface area contributed by atoms with Crippen LogP contribution >= 0.6 is 11.3 Å². The van der Waals surface area contributed by atoms with Crippen molar-refractivity contribution >= 4 is 34.5 Å². The normalized spacial score (nSPS) is 11.7. The van der Waals surface area contributed by atoms with Crippen molar-refractivity contribution in [1.29, 1.82) is 0 Å². The van der Waals surface area contributed by atoms with Crippen LogP contribution in [0.15, 0.2) is 35.7 Å². The molecular formula is C20H27N3O2S. The molecule has 0 saturated carbocycles. The van der Waals surface area contributed by atoms with Gasteiger partial charge in [-0.2, -0.15) is 0 Å². The van der Waals surface area contributed by atoms with Crippen LogP contribution in [0.3, 0.4) is 0 Å². The van der Waals surface area contributed by atoms with Gasteiger partial charge in [0.05, 0.1) is 4.88 Å². The van der Waals surface area contributed by atoms with Gasteiger partial charge in [0.15, 0.2) is 0 Å². The summed E-state index contributed by atoms with van der Waals surface area (Å²) in [5, 5.41) is 4.83. The zero-order valence-electron chi connectivity index (χ0n) is 16.1. The Morgan fingerprint density at radius 3 is 2.50 bits per heavy atom. The van der Waals surface area contributed by atoms with Gasteiger partial charge in [-0.25, -0.2) is 0 Å². The predicted molar refractivity (Wildman–Crippen MR) is 109 cm³/mol.